The van der Waals surface area contributed by atoms with Crippen LogP contribution in [0.4, 0.5) is 0 Å². The van der Waals surface area contributed by atoms with E-state index in [1.807, 2.05) is 13.0 Å². The zero-order valence-electron chi connectivity index (χ0n) is 11.4. The second kappa shape index (κ2) is 5.42. The molecule has 0 N–H and O–H groups in total. The molecule has 6 heteroatoms. The summed E-state index contributed by atoms with van der Waals surface area (Å²) < 4.78 is 32.9. The van der Waals surface area contributed by atoms with Gasteiger partial charge in [-0.15, -0.1) is 0 Å². The van der Waals surface area contributed by atoms with Crippen LogP contribution in [-0.4, -0.2) is 23.0 Å². The van der Waals surface area contributed by atoms with Crippen LogP contribution < -0.4 is 4.18 Å². The highest BCUT2D eigenvalue weighted by Crippen LogP contribution is 2.25. The van der Waals surface area contributed by atoms with Crippen LogP contribution in [-0.2, 0) is 14.5 Å². The molecule has 0 saturated heterocycles. The summed E-state index contributed by atoms with van der Waals surface area (Å²) in [5, 5.41) is 0. The summed E-state index contributed by atoms with van der Waals surface area (Å²) in [4.78, 5) is 0. The summed E-state index contributed by atoms with van der Waals surface area (Å²) >= 11 is 0. The highest BCUT2D eigenvalue weighted by atomic mass is 32.2. The van der Waals surface area contributed by atoms with Crippen LogP contribution in [0.5, 0.6) is 5.75 Å². The molecule has 1 rings (SSSR count). The third-order valence-corrected chi connectivity index (χ3v) is 3.66. The fourth-order valence-corrected chi connectivity index (χ4v) is 3.24. The van der Waals surface area contributed by atoms with Crippen molar-refractivity contribution in [1.29, 1.82) is 0 Å². The van der Waals surface area contributed by atoms with Gasteiger partial charge in [0.25, 0.3) is 0 Å². The lowest BCUT2D eigenvalue weighted by atomic mass is 10.1. The normalized spacial score (nSPS) is 14.3. The van der Waals surface area contributed by atoms with E-state index in [1.54, 1.807) is 18.2 Å². The van der Waals surface area contributed by atoms with Gasteiger partial charge in [-0.05, 0) is 44.3 Å². The van der Waals surface area contributed by atoms with Gasteiger partial charge in [0.05, 0.1) is 12.4 Å². The van der Waals surface area contributed by atoms with Gasteiger partial charge in [0.1, 0.15) is 5.75 Å². The smallest absolute Gasteiger partial charge is 0.306 e. The second-order valence-electron chi connectivity index (χ2n) is 5.23. The molecule has 1 aromatic rings. The maximum absolute atomic E-state index is 11.1. The third kappa shape index (κ3) is 5.66. The first-order chi connectivity index (χ1) is 8.07. The Balaban J connectivity index is 2.88. The number of hydrogen-bond donors (Lipinski definition) is 0. The molecule has 0 radical (unpaired) electrons. The zero-order valence-corrected chi connectivity index (χ0v) is 13.2. The Morgan fingerprint density at radius 1 is 1.22 bits per heavy atom. The van der Waals surface area contributed by atoms with Crippen molar-refractivity contribution in [2.75, 3.05) is 6.26 Å². The van der Waals surface area contributed by atoms with Crippen LogP contribution in [0.1, 0.15) is 18.6 Å². The molecule has 0 amide bonds. The molecule has 0 saturated carbocycles. The minimum Gasteiger partial charge on any atom is -0.411 e. The van der Waals surface area contributed by atoms with Crippen molar-refractivity contribution in [2.45, 2.75) is 32.7 Å². The maximum Gasteiger partial charge on any atom is 0.306 e. The molecular weight excluding hydrogens is 268 g/mol. The van der Waals surface area contributed by atoms with Crippen LogP contribution in [0.3, 0.4) is 0 Å². The molecule has 102 valence electrons. The van der Waals surface area contributed by atoms with E-state index in [4.69, 9.17) is 8.61 Å². The van der Waals surface area contributed by atoms with E-state index in [2.05, 4.69) is 19.6 Å². The van der Waals surface area contributed by atoms with E-state index < -0.39 is 18.4 Å². The lowest BCUT2D eigenvalue weighted by Gasteiger charge is -2.24. The van der Waals surface area contributed by atoms with Gasteiger partial charge in [-0.2, -0.15) is 8.42 Å². The van der Waals surface area contributed by atoms with Gasteiger partial charge in [-0.25, -0.2) is 0 Å². The van der Waals surface area contributed by atoms with Crippen molar-refractivity contribution in [3.8, 4) is 5.75 Å². The van der Waals surface area contributed by atoms with Crippen molar-refractivity contribution in [1.82, 2.24) is 0 Å². The summed E-state index contributed by atoms with van der Waals surface area (Å²) in [6.07, 6.45) is 0.960. The van der Waals surface area contributed by atoms with E-state index in [0.29, 0.717) is 5.75 Å². The van der Waals surface area contributed by atoms with Gasteiger partial charge in [0.15, 0.2) is 8.32 Å². The van der Waals surface area contributed by atoms with Crippen LogP contribution in [0, 0.1) is 0 Å². The third-order valence-electron chi connectivity index (χ3n) is 2.11. The van der Waals surface area contributed by atoms with E-state index in [9.17, 15) is 8.42 Å². The fraction of sp³-hybridized carbons (Fsp3) is 0.500. The molecule has 0 heterocycles. The van der Waals surface area contributed by atoms with Gasteiger partial charge in [-0.1, -0.05) is 12.1 Å². The predicted molar refractivity (Wildman–Crippen MR) is 74.8 cm³/mol. The molecule has 1 aromatic carbocycles. The van der Waals surface area contributed by atoms with E-state index in [1.165, 1.54) is 0 Å². The Kier molecular flexibility index (Phi) is 4.58. The first-order valence-corrected chi connectivity index (χ1v) is 11.0. The first-order valence-electron chi connectivity index (χ1n) is 5.74. The lowest BCUT2D eigenvalue weighted by Crippen LogP contribution is -2.26. The summed E-state index contributed by atoms with van der Waals surface area (Å²) in [5.74, 6) is 0.320. The largest absolute Gasteiger partial charge is 0.411 e. The zero-order chi connectivity index (χ0) is 14.0. The Labute approximate surface area is 110 Å². The summed E-state index contributed by atoms with van der Waals surface area (Å²) in [6, 6.07) is 6.98. The Morgan fingerprint density at radius 3 is 2.33 bits per heavy atom. The van der Waals surface area contributed by atoms with Gasteiger partial charge >= 0.3 is 10.1 Å². The Bertz CT molecular complexity index is 505. The summed E-state index contributed by atoms with van der Waals surface area (Å²) in [6.45, 7) is 8.29. The van der Waals surface area contributed by atoms with Gasteiger partial charge in [0, 0.05) is 0 Å². The minimum atomic E-state index is -3.49. The summed E-state index contributed by atoms with van der Waals surface area (Å²) in [7, 11) is -5.11. The van der Waals surface area contributed by atoms with E-state index >= 15 is 0 Å². The molecular formula is C12H20O4SSi. The fourth-order valence-electron chi connectivity index (χ4n) is 1.59. The van der Waals surface area contributed by atoms with Crippen molar-refractivity contribution >= 4 is 18.4 Å². The van der Waals surface area contributed by atoms with Gasteiger partial charge in [0.2, 0.25) is 0 Å². The van der Waals surface area contributed by atoms with Gasteiger partial charge < -0.3 is 8.61 Å². The second-order valence-corrected chi connectivity index (χ2v) is 11.3. The van der Waals surface area contributed by atoms with Crippen LogP contribution in [0.15, 0.2) is 24.3 Å². The Hall–Kier alpha value is -0.853. The quantitative estimate of drug-likeness (QED) is 0.617. The molecule has 0 spiro atoms. The average molecular weight is 288 g/mol. The van der Waals surface area contributed by atoms with Gasteiger partial charge in [-0.3, -0.25) is 0 Å². The average Bonchev–Trinajstić information content (AvgIpc) is 2.12. The molecule has 4 nitrogen and oxygen atoms in total. The van der Waals surface area contributed by atoms with Crippen molar-refractivity contribution < 1.29 is 17.0 Å². The predicted octanol–water partition coefficient (Wildman–Crippen LogP) is 2.94. The molecule has 0 aliphatic heterocycles. The standard InChI is InChI=1S/C12H20O4SSi/c1-10(16-18(3,4)5)11-7-6-8-12(9-11)15-17(2,13)14/h6-10H,1-5H3. The molecule has 0 bridgehead atoms. The lowest BCUT2D eigenvalue weighted by molar-refractivity contribution is 0.219. The topological polar surface area (TPSA) is 52.6 Å². The van der Waals surface area contributed by atoms with Crippen LogP contribution in [0.2, 0.25) is 19.6 Å². The molecule has 0 aliphatic rings. The maximum atomic E-state index is 11.1. The van der Waals surface area contributed by atoms with Crippen molar-refractivity contribution in [3.63, 3.8) is 0 Å². The first kappa shape index (κ1) is 15.2. The number of benzene rings is 1. The number of hydrogen-bond acceptors (Lipinski definition) is 4. The molecule has 1 unspecified atom stereocenters. The monoisotopic (exact) mass is 288 g/mol. The SMILES string of the molecule is CC(O[Si](C)(C)C)c1cccc(OS(C)(=O)=O)c1. The van der Waals surface area contributed by atoms with Crippen LogP contribution in [0.25, 0.3) is 0 Å². The van der Waals surface area contributed by atoms with Crippen molar-refractivity contribution in [3.05, 3.63) is 29.8 Å². The molecule has 0 fully saturated rings. The number of rotatable bonds is 5. The van der Waals surface area contributed by atoms with Crippen LogP contribution >= 0.6 is 0 Å². The highest BCUT2D eigenvalue weighted by Gasteiger charge is 2.19. The molecule has 0 aliphatic carbocycles. The van der Waals surface area contributed by atoms with Crippen molar-refractivity contribution in [2.24, 2.45) is 0 Å². The molecule has 0 aromatic heterocycles. The van der Waals surface area contributed by atoms with E-state index in [-0.39, 0.29) is 6.10 Å². The molecule has 1 atom stereocenters. The highest BCUT2D eigenvalue weighted by molar-refractivity contribution is 7.86. The van der Waals surface area contributed by atoms with E-state index in [0.717, 1.165) is 11.8 Å². The Morgan fingerprint density at radius 2 is 1.83 bits per heavy atom. The minimum absolute atomic E-state index is 0.0697. The molecule has 18 heavy (non-hydrogen) atoms. The summed E-state index contributed by atoms with van der Waals surface area (Å²) in [5.41, 5.74) is 0.915.